The molecule has 0 aliphatic rings. The molecule has 3 N–H and O–H groups in total. The number of hydrogen-bond donors (Lipinski definition) is 3. The molecule has 0 saturated carbocycles. The van der Waals surface area contributed by atoms with E-state index >= 15 is 0 Å². The third-order valence-corrected chi connectivity index (χ3v) is 2.82. The minimum absolute atomic E-state index is 0.199. The molecular formula is C10H9NO4S. The number of rotatable bonds is 2. The zero-order valence-corrected chi connectivity index (χ0v) is 8.89. The Morgan fingerprint density at radius 2 is 1.88 bits per heavy atom. The van der Waals surface area contributed by atoms with E-state index in [9.17, 15) is 9.32 Å². The summed E-state index contributed by atoms with van der Waals surface area (Å²) in [5.41, 5.74) is 0.498. The maximum atomic E-state index is 11.0. The second-order valence-electron chi connectivity index (χ2n) is 3.14. The Morgan fingerprint density at radius 3 is 2.50 bits per heavy atom. The fourth-order valence-electron chi connectivity index (χ4n) is 1.38. The van der Waals surface area contributed by atoms with Gasteiger partial charge in [-0.25, -0.2) is 4.21 Å². The minimum atomic E-state index is -2.10. The molecule has 0 aliphatic carbocycles. The molecule has 84 valence electrons. The summed E-state index contributed by atoms with van der Waals surface area (Å²) in [4.78, 5) is 0. The number of phenols is 2. The number of aromatic nitrogens is 1. The third kappa shape index (κ3) is 1.80. The highest BCUT2D eigenvalue weighted by atomic mass is 32.2. The molecule has 1 aromatic carbocycles. The van der Waals surface area contributed by atoms with Crippen molar-refractivity contribution in [3.05, 3.63) is 36.5 Å². The molecule has 1 unspecified atom stereocenters. The van der Waals surface area contributed by atoms with E-state index in [2.05, 4.69) is 0 Å². The second-order valence-corrected chi connectivity index (χ2v) is 4.06. The van der Waals surface area contributed by atoms with E-state index in [1.54, 1.807) is 12.3 Å². The second kappa shape index (κ2) is 3.99. The van der Waals surface area contributed by atoms with Gasteiger partial charge in [0.05, 0.1) is 5.69 Å². The first-order valence-corrected chi connectivity index (χ1v) is 5.51. The van der Waals surface area contributed by atoms with E-state index in [0.29, 0.717) is 5.69 Å². The van der Waals surface area contributed by atoms with Gasteiger partial charge in [-0.15, -0.1) is 0 Å². The Bertz CT molecular complexity index is 550. The normalized spacial score (nSPS) is 12.6. The molecule has 0 aliphatic heterocycles. The van der Waals surface area contributed by atoms with Crippen molar-refractivity contribution in [1.29, 1.82) is 0 Å². The summed E-state index contributed by atoms with van der Waals surface area (Å²) >= 11 is -2.10. The third-order valence-electron chi connectivity index (χ3n) is 2.13. The monoisotopic (exact) mass is 239 g/mol. The predicted octanol–water partition coefficient (Wildman–Crippen LogP) is 1.47. The van der Waals surface area contributed by atoms with Crippen LogP contribution < -0.4 is 0 Å². The molecule has 5 nitrogen and oxygen atoms in total. The average molecular weight is 239 g/mol. The van der Waals surface area contributed by atoms with Gasteiger partial charge in [0.1, 0.15) is 5.03 Å². The molecule has 2 rings (SSSR count). The molecule has 0 spiro atoms. The van der Waals surface area contributed by atoms with Crippen LogP contribution in [0.1, 0.15) is 0 Å². The Morgan fingerprint density at radius 1 is 1.12 bits per heavy atom. The van der Waals surface area contributed by atoms with Gasteiger partial charge in [0.15, 0.2) is 11.5 Å². The Hall–Kier alpha value is -1.79. The molecule has 0 fully saturated rings. The van der Waals surface area contributed by atoms with E-state index in [-0.39, 0.29) is 16.5 Å². The van der Waals surface area contributed by atoms with Crippen molar-refractivity contribution in [2.45, 2.75) is 5.03 Å². The summed E-state index contributed by atoms with van der Waals surface area (Å²) in [6, 6.07) is 7.28. The summed E-state index contributed by atoms with van der Waals surface area (Å²) in [6.07, 6.45) is 1.59. The van der Waals surface area contributed by atoms with Gasteiger partial charge in [0, 0.05) is 12.3 Å². The van der Waals surface area contributed by atoms with E-state index < -0.39 is 11.1 Å². The SMILES string of the molecule is O=S(O)c1cccn1-c1ccc(O)c(O)c1. The molecule has 1 atom stereocenters. The maximum absolute atomic E-state index is 11.0. The molecule has 0 bridgehead atoms. The van der Waals surface area contributed by atoms with E-state index in [1.165, 1.54) is 28.8 Å². The number of hydrogen-bond acceptors (Lipinski definition) is 3. The highest BCUT2D eigenvalue weighted by molar-refractivity contribution is 7.79. The van der Waals surface area contributed by atoms with Crippen LogP contribution in [0.3, 0.4) is 0 Å². The lowest BCUT2D eigenvalue weighted by atomic mass is 10.3. The Kier molecular flexibility index (Phi) is 2.67. The quantitative estimate of drug-likeness (QED) is 0.547. The van der Waals surface area contributed by atoms with Gasteiger partial charge < -0.3 is 19.3 Å². The fourth-order valence-corrected chi connectivity index (χ4v) is 1.91. The summed E-state index contributed by atoms with van der Waals surface area (Å²) < 4.78 is 21.5. The number of nitrogens with zero attached hydrogens (tertiary/aromatic N) is 1. The standard InChI is InChI=1S/C10H9NO4S/c12-8-4-3-7(6-9(8)13)11-5-1-2-10(11)16(14)15/h1-6,12-13H,(H,14,15). The molecule has 1 aromatic heterocycles. The zero-order valence-electron chi connectivity index (χ0n) is 8.07. The predicted molar refractivity (Wildman–Crippen MR) is 58.1 cm³/mol. The molecule has 6 heteroatoms. The van der Waals surface area contributed by atoms with Gasteiger partial charge in [-0.1, -0.05) is 0 Å². The van der Waals surface area contributed by atoms with Crippen LogP contribution in [0.5, 0.6) is 11.5 Å². The van der Waals surface area contributed by atoms with Gasteiger partial charge in [0.2, 0.25) is 11.1 Å². The van der Waals surface area contributed by atoms with Crippen molar-refractivity contribution in [1.82, 2.24) is 4.57 Å². The van der Waals surface area contributed by atoms with Crippen LogP contribution in [0.2, 0.25) is 0 Å². The molecule has 0 amide bonds. The van der Waals surface area contributed by atoms with Crippen molar-refractivity contribution >= 4 is 11.1 Å². The van der Waals surface area contributed by atoms with E-state index in [4.69, 9.17) is 9.66 Å². The first-order chi connectivity index (χ1) is 7.59. The smallest absolute Gasteiger partial charge is 0.204 e. The summed E-state index contributed by atoms with van der Waals surface area (Å²) in [5.74, 6) is -0.511. The fraction of sp³-hybridized carbons (Fsp3) is 0. The van der Waals surface area contributed by atoms with Crippen molar-refractivity contribution < 1.29 is 19.0 Å². The first-order valence-electron chi connectivity index (χ1n) is 4.40. The van der Waals surface area contributed by atoms with Crippen LogP contribution in [-0.4, -0.2) is 23.5 Å². The molecular weight excluding hydrogens is 230 g/mol. The Labute approximate surface area is 93.9 Å². The summed E-state index contributed by atoms with van der Waals surface area (Å²) in [5, 5.41) is 18.7. The molecule has 2 aromatic rings. The van der Waals surface area contributed by atoms with Crippen LogP contribution in [-0.2, 0) is 11.1 Å². The van der Waals surface area contributed by atoms with Crippen LogP contribution in [0.15, 0.2) is 41.6 Å². The molecule has 16 heavy (non-hydrogen) atoms. The van der Waals surface area contributed by atoms with Gasteiger partial charge in [-0.05, 0) is 24.3 Å². The lowest BCUT2D eigenvalue weighted by Crippen LogP contribution is -2.00. The first kappa shape index (κ1) is 10.7. The highest BCUT2D eigenvalue weighted by Gasteiger charge is 2.09. The van der Waals surface area contributed by atoms with Gasteiger partial charge in [0.25, 0.3) is 0 Å². The zero-order chi connectivity index (χ0) is 11.7. The van der Waals surface area contributed by atoms with Gasteiger partial charge >= 0.3 is 0 Å². The average Bonchev–Trinajstić information content (AvgIpc) is 2.71. The van der Waals surface area contributed by atoms with E-state index in [0.717, 1.165) is 0 Å². The maximum Gasteiger partial charge on any atom is 0.204 e. The lowest BCUT2D eigenvalue weighted by molar-refractivity contribution is 0.403. The topological polar surface area (TPSA) is 82.7 Å². The highest BCUT2D eigenvalue weighted by Crippen LogP contribution is 2.27. The van der Waals surface area contributed by atoms with Crippen molar-refractivity contribution in [3.8, 4) is 17.2 Å². The van der Waals surface area contributed by atoms with Crippen molar-refractivity contribution in [3.63, 3.8) is 0 Å². The van der Waals surface area contributed by atoms with Crippen LogP contribution in [0.25, 0.3) is 5.69 Å². The molecule has 1 heterocycles. The summed E-state index contributed by atoms with van der Waals surface area (Å²) in [7, 11) is 0. The van der Waals surface area contributed by atoms with Crippen LogP contribution in [0.4, 0.5) is 0 Å². The van der Waals surface area contributed by atoms with Crippen molar-refractivity contribution in [2.75, 3.05) is 0 Å². The molecule has 0 saturated heterocycles. The van der Waals surface area contributed by atoms with Gasteiger partial charge in [-0.2, -0.15) is 0 Å². The van der Waals surface area contributed by atoms with Crippen LogP contribution >= 0.6 is 0 Å². The number of aromatic hydroxyl groups is 2. The largest absolute Gasteiger partial charge is 0.504 e. The lowest BCUT2D eigenvalue weighted by Gasteiger charge is -2.07. The number of phenolic OH excluding ortho intramolecular Hbond substituents is 2. The minimum Gasteiger partial charge on any atom is -0.504 e. The van der Waals surface area contributed by atoms with Gasteiger partial charge in [-0.3, -0.25) is 0 Å². The Balaban J connectivity index is 2.54. The van der Waals surface area contributed by atoms with Crippen molar-refractivity contribution in [2.24, 2.45) is 0 Å². The van der Waals surface area contributed by atoms with Crippen LogP contribution in [0, 0.1) is 0 Å². The molecule has 0 radical (unpaired) electrons. The van der Waals surface area contributed by atoms with E-state index in [1.807, 2.05) is 0 Å². The number of benzene rings is 1. The summed E-state index contributed by atoms with van der Waals surface area (Å²) in [6.45, 7) is 0.